The Balaban J connectivity index is 2.44. The molecule has 1 fully saturated rings. The van der Waals surface area contributed by atoms with Crippen molar-refractivity contribution >= 4 is 23.8 Å². The summed E-state index contributed by atoms with van der Waals surface area (Å²) < 4.78 is 10.9. The fraction of sp³-hybridized carbons (Fsp3) is 0.925. The van der Waals surface area contributed by atoms with Crippen LogP contribution >= 0.6 is 0 Å². The van der Waals surface area contributed by atoms with Crippen molar-refractivity contribution in [3.63, 3.8) is 0 Å². The minimum atomic E-state index is -0.0885. The number of unbranched alkanes of at least 4 members (excludes halogenated alkanes) is 20. The smallest absolute Gasteiger partial charge is 0.305 e. The molecule has 1 aliphatic rings. The van der Waals surface area contributed by atoms with Crippen LogP contribution in [0.4, 0.5) is 0 Å². The zero-order chi connectivity index (χ0) is 45.1. The van der Waals surface area contributed by atoms with Gasteiger partial charge < -0.3 is 24.2 Å². The van der Waals surface area contributed by atoms with Crippen molar-refractivity contribution < 1.29 is 28.7 Å². The first-order chi connectivity index (χ1) is 30.3. The van der Waals surface area contributed by atoms with Crippen LogP contribution in [0.5, 0.6) is 0 Å². The molecule has 1 saturated heterocycles. The monoisotopic (exact) mass is 876 g/mol. The molecule has 0 radical (unpaired) electrons. The third kappa shape index (κ3) is 34.3. The maximum absolute atomic E-state index is 13.3. The van der Waals surface area contributed by atoms with Crippen molar-refractivity contribution in [2.24, 2.45) is 5.92 Å². The molecule has 9 nitrogen and oxygen atoms in total. The lowest BCUT2D eigenvalue weighted by Crippen LogP contribution is -2.50. The second-order valence-electron chi connectivity index (χ2n) is 18.8. The molecule has 9 heteroatoms. The highest BCUT2D eigenvalue weighted by molar-refractivity contribution is 5.78. The van der Waals surface area contributed by atoms with E-state index < -0.39 is 0 Å². The fourth-order valence-electron chi connectivity index (χ4n) is 8.87. The Morgan fingerprint density at radius 1 is 0.387 bits per heavy atom. The maximum atomic E-state index is 13.3. The summed E-state index contributed by atoms with van der Waals surface area (Å²) >= 11 is 0. The van der Waals surface area contributed by atoms with Crippen LogP contribution in [0.2, 0.25) is 0 Å². The van der Waals surface area contributed by atoms with Crippen molar-refractivity contribution in [2.75, 3.05) is 59.0 Å². The van der Waals surface area contributed by atoms with E-state index >= 15 is 0 Å². The summed E-state index contributed by atoms with van der Waals surface area (Å²) in [5, 5.41) is 0. The largest absolute Gasteiger partial charge is 0.466 e. The first-order valence-electron chi connectivity index (χ1n) is 26.9. The highest BCUT2D eigenvalue weighted by Crippen LogP contribution is 2.24. The highest BCUT2D eigenvalue weighted by Gasteiger charge is 2.24. The van der Waals surface area contributed by atoms with E-state index in [9.17, 15) is 19.2 Å². The molecule has 1 heterocycles. The molecular formula is C53H101N3O6. The molecule has 1 unspecified atom stereocenters. The lowest BCUT2D eigenvalue weighted by Gasteiger charge is -2.35. The summed E-state index contributed by atoms with van der Waals surface area (Å²) in [5.41, 5.74) is 0. The molecule has 1 rings (SSSR count). The van der Waals surface area contributed by atoms with E-state index in [2.05, 4.69) is 32.6 Å². The third-order valence-electron chi connectivity index (χ3n) is 13.0. The van der Waals surface area contributed by atoms with Crippen molar-refractivity contribution in [1.29, 1.82) is 0 Å². The number of hydrogen-bond donors (Lipinski definition) is 0. The minimum absolute atomic E-state index is 0.0495. The molecule has 0 saturated carbocycles. The molecule has 0 bridgehead atoms. The van der Waals surface area contributed by atoms with Gasteiger partial charge >= 0.3 is 11.9 Å². The van der Waals surface area contributed by atoms with Crippen molar-refractivity contribution in [3.8, 4) is 0 Å². The summed E-state index contributed by atoms with van der Waals surface area (Å²) in [5.74, 6) is 0.890. The van der Waals surface area contributed by atoms with Crippen LogP contribution in [0, 0.1) is 5.92 Å². The number of hydrogen-bond acceptors (Lipinski definition) is 7. The zero-order valence-electron chi connectivity index (χ0n) is 41.5. The molecule has 0 N–H and O–H groups in total. The molecule has 2 amide bonds. The topological polar surface area (TPSA) is 96.5 Å². The molecular weight excluding hydrogens is 775 g/mol. The van der Waals surface area contributed by atoms with Crippen molar-refractivity contribution in [3.05, 3.63) is 0 Å². The van der Waals surface area contributed by atoms with E-state index in [1.807, 2.05) is 9.80 Å². The minimum Gasteiger partial charge on any atom is -0.466 e. The van der Waals surface area contributed by atoms with Gasteiger partial charge in [-0.1, -0.05) is 175 Å². The average Bonchev–Trinajstić information content (AvgIpc) is 3.27. The van der Waals surface area contributed by atoms with E-state index in [1.54, 1.807) is 0 Å². The predicted octanol–water partition coefficient (Wildman–Crippen LogP) is 13.4. The highest BCUT2D eigenvalue weighted by atomic mass is 16.5. The van der Waals surface area contributed by atoms with Gasteiger partial charge in [0.25, 0.3) is 0 Å². The van der Waals surface area contributed by atoms with Gasteiger partial charge in [-0.25, -0.2) is 0 Å². The fourth-order valence-corrected chi connectivity index (χ4v) is 8.87. The van der Waals surface area contributed by atoms with Gasteiger partial charge in [-0.15, -0.1) is 0 Å². The zero-order valence-corrected chi connectivity index (χ0v) is 41.5. The molecule has 0 aromatic carbocycles. The molecule has 0 aromatic rings. The number of nitrogens with zero attached hydrogens (tertiary/aromatic N) is 3. The quantitative estimate of drug-likeness (QED) is 0.0444. The van der Waals surface area contributed by atoms with Gasteiger partial charge in [0.1, 0.15) is 0 Å². The second-order valence-corrected chi connectivity index (χ2v) is 18.8. The number of piperazine rings is 1. The van der Waals surface area contributed by atoms with Crippen molar-refractivity contribution in [1.82, 2.24) is 14.7 Å². The number of ether oxygens (including phenoxy) is 2. The molecule has 0 spiro atoms. The van der Waals surface area contributed by atoms with E-state index in [-0.39, 0.29) is 23.8 Å². The van der Waals surface area contributed by atoms with E-state index in [1.165, 1.54) is 109 Å². The number of rotatable bonds is 44. The molecule has 62 heavy (non-hydrogen) atoms. The van der Waals surface area contributed by atoms with Gasteiger partial charge in [0.2, 0.25) is 11.8 Å². The lowest BCUT2D eigenvalue weighted by molar-refractivity contribution is -0.144. The molecule has 364 valence electrons. The van der Waals surface area contributed by atoms with E-state index in [0.29, 0.717) is 71.0 Å². The molecule has 1 aliphatic heterocycles. The van der Waals surface area contributed by atoms with Crippen LogP contribution in [-0.4, -0.2) is 97.5 Å². The van der Waals surface area contributed by atoms with E-state index in [4.69, 9.17) is 9.47 Å². The Morgan fingerprint density at radius 3 is 1.21 bits per heavy atom. The summed E-state index contributed by atoms with van der Waals surface area (Å²) in [6, 6.07) is 0. The molecule has 1 atom stereocenters. The van der Waals surface area contributed by atoms with Crippen LogP contribution < -0.4 is 0 Å². The SMILES string of the molecule is CCCCCCCCCCCC(CCCCC(=O)N1CCN(C(=O)CCCN(CCCCCCCCCC)CCCC(=O)OCCCCC)CC1)CCCC(=O)OCCCCC. The molecule has 0 aromatic heterocycles. The Labute approximate surface area is 383 Å². The van der Waals surface area contributed by atoms with Crippen LogP contribution in [0.15, 0.2) is 0 Å². The first kappa shape index (κ1) is 57.9. The summed E-state index contributed by atoms with van der Waals surface area (Å²) in [4.78, 5) is 57.4. The number of esters is 2. The van der Waals surface area contributed by atoms with Crippen LogP contribution in [0.3, 0.4) is 0 Å². The summed E-state index contributed by atoms with van der Waals surface area (Å²) in [6.45, 7) is 15.2. The molecule has 0 aliphatic carbocycles. The lowest BCUT2D eigenvalue weighted by atomic mass is 9.90. The first-order valence-corrected chi connectivity index (χ1v) is 26.9. The normalized spacial score (nSPS) is 13.5. The van der Waals surface area contributed by atoms with Gasteiger partial charge in [0.05, 0.1) is 13.2 Å². The van der Waals surface area contributed by atoms with Crippen LogP contribution in [0.25, 0.3) is 0 Å². The van der Waals surface area contributed by atoms with Gasteiger partial charge in [-0.05, 0) is 76.9 Å². The van der Waals surface area contributed by atoms with Gasteiger partial charge in [-0.2, -0.15) is 0 Å². The van der Waals surface area contributed by atoms with Gasteiger partial charge in [0.15, 0.2) is 0 Å². The van der Waals surface area contributed by atoms with Crippen molar-refractivity contribution in [2.45, 2.75) is 252 Å². The second kappa shape index (κ2) is 42.8. The summed E-state index contributed by atoms with van der Waals surface area (Å²) in [7, 11) is 0. The summed E-state index contributed by atoms with van der Waals surface area (Å²) in [6.07, 6.45) is 38.6. The van der Waals surface area contributed by atoms with Gasteiger partial charge in [0, 0.05) is 51.9 Å². The number of carbonyl (C=O) groups excluding carboxylic acids is 4. The predicted molar refractivity (Wildman–Crippen MR) is 259 cm³/mol. The number of carbonyl (C=O) groups is 4. The number of amides is 2. The van der Waals surface area contributed by atoms with Crippen LogP contribution in [-0.2, 0) is 28.7 Å². The Kier molecular flexibility index (Phi) is 39.9. The standard InChI is InChI=1S/C53H101N3O6/c1-5-9-13-15-17-19-20-22-24-33-49(35-30-38-52(59)61-47-28-11-7-3)34-25-26-36-50(57)55-43-45-56(46-44-55)51(58)37-31-41-54(40-27-23-21-18-16-14-10-6-2)42-32-39-53(60)62-48-29-12-8-4/h49H,5-48H2,1-4H3. The van der Waals surface area contributed by atoms with Crippen LogP contribution in [0.1, 0.15) is 252 Å². The van der Waals surface area contributed by atoms with E-state index in [0.717, 1.165) is 110 Å². The Morgan fingerprint density at radius 2 is 0.726 bits per heavy atom. The Bertz CT molecular complexity index is 1060. The maximum Gasteiger partial charge on any atom is 0.305 e. The Hall–Kier alpha value is -2.16. The van der Waals surface area contributed by atoms with Gasteiger partial charge in [-0.3, -0.25) is 19.2 Å². The average molecular weight is 876 g/mol. The third-order valence-corrected chi connectivity index (χ3v) is 13.0.